The van der Waals surface area contributed by atoms with Crippen LogP contribution in [0.4, 0.5) is 17.1 Å². The molecule has 0 spiro atoms. The molecule has 0 aliphatic carbocycles. The number of benzene rings is 9. The van der Waals surface area contributed by atoms with Crippen LogP contribution < -0.4 is 4.90 Å². The number of nitrogens with zero attached hydrogens (tertiary/aromatic N) is 2. The van der Waals surface area contributed by atoms with Crippen molar-refractivity contribution in [1.29, 1.82) is 0 Å². The van der Waals surface area contributed by atoms with Crippen molar-refractivity contribution < 1.29 is 0 Å². The van der Waals surface area contributed by atoms with Crippen LogP contribution in [0.5, 0.6) is 0 Å². The van der Waals surface area contributed by atoms with Crippen LogP contribution in [0.3, 0.4) is 0 Å². The van der Waals surface area contributed by atoms with E-state index in [1.54, 1.807) is 11.3 Å². The summed E-state index contributed by atoms with van der Waals surface area (Å²) < 4.78 is 1.20. The molecule has 0 saturated carbocycles. The predicted molar refractivity (Wildman–Crippen MR) is 223 cm³/mol. The van der Waals surface area contributed by atoms with E-state index in [2.05, 4.69) is 199 Å². The Hall–Kier alpha value is -6.55. The first kappa shape index (κ1) is 30.3. The van der Waals surface area contributed by atoms with Gasteiger partial charge in [0.2, 0.25) is 0 Å². The molecule has 52 heavy (non-hydrogen) atoms. The molecule has 9 aromatic carbocycles. The molecule has 0 bridgehead atoms. The van der Waals surface area contributed by atoms with Gasteiger partial charge in [-0.2, -0.15) is 0 Å². The van der Waals surface area contributed by atoms with Gasteiger partial charge < -0.3 is 4.90 Å². The van der Waals surface area contributed by atoms with Crippen molar-refractivity contribution in [3.8, 4) is 32.8 Å². The highest BCUT2D eigenvalue weighted by Gasteiger charge is 2.17. The molecule has 244 valence electrons. The molecular formula is C49H32N2S. The Bertz CT molecular complexity index is 2840. The van der Waals surface area contributed by atoms with Crippen LogP contribution in [0.25, 0.3) is 75.4 Å². The van der Waals surface area contributed by atoms with Crippen molar-refractivity contribution in [3.63, 3.8) is 0 Å². The van der Waals surface area contributed by atoms with Crippen LogP contribution in [-0.4, -0.2) is 4.98 Å². The molecule has 10 rings (SSSR count). The zero-order valence-electron chi connectivity index (χ0n) is 28.3. The molecule has 0 N–H and O–H groups in total. The third-order valence-corrected chi connectivity index (χ3v) is 11.1. The molecule has 3 heteroatoms. The third kappa shape index (κ3) is 5.31. The molecule has 0 aliphatic rings. The van der Waals surface area contributed by atoms with Gasteiger partial charge in [-0.25, -0.2) is 4.98 Å². The molecule has 1 heterocycles. The van der Waals surface area contributed by atoms with Gasteiger partial charge in [0.25, 0.3) is 0 Å². The summed E-state index contributed by atoms with van der Waals surface area (Å²) in [5.41, 5.74) is 10.2. The SMILES string of the molecule is c1ccc(-c2cccc(N(c3ccc(-c4ccc5c6ccccc6c6ccccc6c5c4)cc3)c3cccc(-c4nc5ccccc5s4)c3)c2)cc1. The highest BCUT2D eigenvalue weighted by Crippen LogP contribution is 2.41. The van der Waals surface area contributed by atoms with E-state index in [0.29, 0.717) is 0 Å². The van der Waals surface area contributed by atoms with E-state index in [4.69, 9.17) is 4.98 Å². The van der Waals surface area contributed by atoms with E-state index < -0.39 is 0 Å². The average Bonchev–Trinajstić information content (AvgIpc) is 3.67. The lowest BCUT2D eigenvalue weighted by Crippen LogP contribution is -2.10. The molecule has 1 aromatic heterocycles. The summed E-state index contributed by atoms with van der Waals surface area (Å²) in [6.07, 6.45) is 0. The van der Waals surface area contributed by atoms with E-state index >= 15 is 0 Å². The zero-order chi connectivity index (χ0) is 34.4. The summed E-state index contributed by atoms with van der Waals surface area (Å²) >= 11 is 1.73. The van der Waals surface area contributed by atoms with Gasteiger partial charge in [0, 0.05) is 22.6 Å². The Morgan fingerprint density at radius 1 is 0.327 bits per heavy atom. The number of fused-ring (bicyclic) bond motifs is 7. The average molecular weight is 681 g/mol. The number of rotatable bonds is 6. The van der Waals surface area contributed by atoms with Crippen molar-refractivity contribution in [2.45, 2.75) is 0 Å². The van der Waals surface area contributed by atoms with Crippen LogP contribution in [0.1, 0.15) is 0 Å². The second kappa shape index (κ2) is 12.6. The van der Waals surface area contributed by atoms with Gasteiger partial charge in [-0.15, -0.1) is 11.3 Å². The first-order valence-electron chi connectivity index (χ1n) is 17.6. The Morgan fingerprint density at radius 2 is 0.827 bits per heavy atom. The topological polar surface area (TPSA) is 16.1 Å². The zero-order valence-corrected chi connectivity index (χ0v) is 29.1. The smallest absolute Gasteiger partial charge is 0.124 e. The van der Waals surface area contributed by atoms with Crippen LogP contribution in [0.2, 0.25) is 0 Å². The number of hydrogen-bond donors (Lipinski definition) is 0. The molecule has 0 radical (unpaired) electrons. The maximum Gasteiger partial charge on any atom is 0.124 e. The monoisotopic (exact) mass is 680 g/mol. The first-order valence-corrected chi connectivity index (χ1v) is 18.4. The van der Waals surface area contributed by atoms with Gasteiger partial charge in [-0.3, -0.25) is 0 Å². The predicted octanol–water partition coefficient (Wildman–Crippen LogP) is 14.2. The number of para-hydroxylation sites is 1. The van der Waals surface area contributed by atoms with Crippen molar-refractivity contribution >= 4 is 70.9 Å². The minimum atomic E-state index is 1.02. The highest BCUT2D eigenvalue weighted by atomic mass is 32.1. The van der Waals surface area contributed by atoms with E-state index in [-0.39, 0.29) is 0 Å². The molecule has 2 nitrogen and oxygen atoms in total. The van der Waals surface area contributed by atoms with Gasteiger partial charge in [-0.1, -0.05) is 140 Å². The molecule has 10 aromatic rings. The Balaban J connectivity index is 1.09. The normalized spacial score (nSPS) is 11.5. The molecule has 0 fully saturated rings. The molecule has 0 amide bonds. The number of thiazole rings is 1. The Labute approximate surface area is 306 Å². The quantitative estimate of drug-likeness (QED) is 0.163. The Morgan fingerprint density at radius 3 is 1.52 bits per heavy atom. The standard InChI is InChI=1S/C49H32N2S/c1-2-12-33(13-3-1)35-14-10-16-39(30-35)51(40-17-11-15-37(31-40)49-50-47-22-8-9-23-48(47)52-49)38-27-24-34(25-28-38)36-26-29-45-43-20-5-4-18-41(43)42-19-6-7-21-44(42)46(45)32-36/h1-32H. The van der Waals surface area contributed by atoms with Gasteiger partial charge >= 0.3 is 0 Å². The summed E-state index contributed by atoms with van der Waals surface area (Å²) in [5, 5.41) is 8.75. The lowest BCUT2D eigenvalue weighted by atomic mass is 9.92. The van der Waals surface area contributed by atoms with Crippen LogP contribution in [0.15, 0.2) is 194 Å². The lowest BCUT2D eigenvalue weighted by Gasteiger charge is -2.26. The summed E-state index contributed by atoms with van der Waals surface area (Å²) in [6, 6.07) is 70.0. The molecular weight excluding hydrogens is 649 g/mol. The fourth-order valence-corrected chi connectivity index (χ4v) is 8.53. The number of aromatic nitrogens is 1. The number of anilines is 3. The molecule has 0 aliphatic heterocycles. The van der Waals surface area contributed by atoms with Crippen LogP contribution in [0, 0.1) is 0 Å². The second-order valence-electron chi connectivity index (χ2n) is 13.2. The van der Waals surface area contributed by atoms with Gasteiger partial charge in [0.05, 0.1) is 10.2 Å². The third-order valence-electron chi connectivity index (χ3n) is 10.1. The lowest BCUT2D eigenvalue weighted by molar-refractivity contribution is 1.28. The van der Waals surface area contributed by atoms with Gasteiger partial charge in [-0.05, 0) is 109 Å². The van der Waals surface area contributed by atoms with E-state index in [1.807, 2.05) is 0 Å². The van der Waals surface area contributed by atoms with Crippen molar-refractivity contribution in [2.75, 3.05) is 4.90 Å². The van der Waals surface area contributed by atoms with Gasteiger partial charge in [0.1, 0.15) is 5.01 Å². The maximum absolute atomic E-state index is 4.99. The van der Waals surface area contributed by atoms with E-state index in [0.717, 1.165) is 33.1 Å². The fraction of sp³-hybridized carbons (Fsp3) is 0. The van der Waals surface area contributed by atoms with E-state index in [9.17, 15) is 0 Å². The summed E-state index contributed by atoms with van der Waals surface area (Å²) in [6.45, 7) is 0. The van der Waals surface area contributed by atoms with Crippen molar-refractivity contribution in [3.05, 3.63) is 194 Å². The number of hydrogen-bond acceptors (Lipinski definition) is 3. The molecule has 0 unspecified atom stereocenters. The van der Waals surface area contributed by atoms with Gasteiger partial charge in [0.15, 0.2) is 0 Å². The largest absolute Gasteiger partial charge is 0.310 e. The second-order valence-corrected chi connectivity index (χ2v) is 14.2. The maximum atomic E-state index is 4.99. The van der Waals surface area contributed by atoms with E-state index in [1.165, 1.54) is 59.3 Å². The fourth-order valence-electron chi connectivity index (χ4n) is 7.57. The first-order chi connectivity index (χ1) is 25.8. The summed E-state index contributed by atoms with van der Waals surface area (Å²) in [5.74, 6) is 0. The summed E-state index contributed by atoms with van der Waals surface area (Å²) in [7, 11) is 0. The van der Waals surface area contributed by atoms with Crippen molar-refractivity contribution in [1.82, 2.24) is 4.98 Å². The minimum Gasteiger partial charge on any atom is -0.310 e. The molecule has 0 saturated heterocycles. The Kier molecular flexibility index (Phi) is 7.37. The van der Waals surface area contributed by atoms with Crippen LogP contribution >= 0.6 is 11.3 Å². The summed E-state index contributed by atoms with van der Waals surface area (Å²) in [4.78, 5) is 7.34. The van der Waals surface area contributed by atoms with Crippen LogP contribution in [-0.2, 0) is 0 Å². The molecule has 0 atom stereocenters. The minimum absolute atomic E-state index is 1.02. The van der Waals surface area contributed by atoms with Crippen molar-refractivity contribution in [2.24, 2.45) is 0 Å². The highest BCUT2D eigenvalue weighted by molar-refractivity contribution is 7.21.